The van der Waals surface area contributed by atoms with Gasteiger partial charge in [0.15, 0.2) is 11.5 Å². The second kappa shape index (κ2) is 7.37. The van der Waals surface area contributed by atoms with Crippen molar-refractivity contribution >= 4 is 21.8 Å². The number of aliphatic hydroxyl groups is 1. The Morgan fingerprint density at radius 3 is 3.04 bits per heavy atom. The summed E-state index contributed by atoms with van der Waals surface area (Å²) in [6.45, 7) is 0.420. The van der Waals surface area contributed by atoms with Crippen molar-refractivity contribution in [2.45, 2.75) is 12.6 Å². The maximum absolute atomic E-state index is 12.1. The van der Waals surface area contributed by atoms with Crippen molar-refractivity contribution in [3.8, 4) is 0 Å². The Hall–Kier alpha value is -2.52. The van der Waals surface area contributed by atoms with Crippen LogP contribution in [0.3, 0.4) is 0 Å². The number of hydrogen-bond donors (Lipinski definition) is 2. The number of aromatic nitrogens is 4. The quantitative estimate of drug-likeness (QED) is 0.659. The Kier molecular flexibility index (Phi) is 5.02. The average molecular weight is 392 g/mol. The van der Waals surface area contributed by atoms with Gasteiger partial charge in [-0.15, -0.1) is 0 Å². The lowest BCUT2D eigenvalue weighted by Crippen LogP contribution is -2.28. The molecule has 8 nitrogen and oxygen atoms in total. The third-order valence-corrected chi connectivity index (χ3v) is 3.65. The van der Waals surface area contributed by atoms with Gasteiger partial charge in [-0.3, -0.25) is 14.5 Å². The molecule has 24 heavy (non-hydrogen) atoms. The molecular formula is C15H14BrN5O3. The molecule has 3 aromatic heterocycles. The van der Waals surface area contributed by atoms with Crippen molar-refractivity contribution in [2.24, 2.45) is 0 Å². The zero-order valence-electron chi connectivity index (χ0n) is 12.5. The molecule has 0 aromatic carbocycles. The molecule has 1 atom stereocenters. The van der Waals surface area contributed by atoms with Gasteiger partial charge in [0.05, 0.1) is 16.8 Å². The SMILES string of the molecule is O=C(NCC(O)c1cccnc1)c1cc(Cn2cc(Br)cn2)on1. The maximum Gasteiger partial charge on any atom is 0.273 e. The molecule has 3 aromatic rings. The second-order valence-corrected chi connectivity index (χ2v) is 5.96. The van der Waals surface area contributed by atoms with E-state index in [0.717, 1.165) is 4.47 Å². The molecule has 3 heterocycles. The van der Waals surface area contributed by atoms with Gasteiger partial charge in [0.1, 0.15) is 6.54 Å². The Morgan fingerprint density at radius 2 is 2.33 bits per heavy atom. The van der Waals surface area contributed by atoms with E-state index in [4.69, 9.17) is 4.52 Å². The Labute approximate surface area is 145 Å². The van der Waals surface area contributed by atoms with Gasteiger partial charge in [0, 0.05) is 36.8 Å². The molecule has 0 aliphatic carbocycles. The molecule has 9 heteroatoms. The summed E-state index contributed by atoms with van der Waals surface area (Å²) in [5, 5.41) is 20.5. The smallest absolute Gasteiger partial charge is 0.273 e. The highest BCUT2D eigenvalue weighted by molar-refractivity contribution is 9.10. The molecule has 1 unspecified atom stereocenters. The molecule has 124 valence electrons. The molecule has 0 aliphatic rings. The van der Waals surface area contributed by atoms with Gasteiger partial charge in [-0.05, 0) is 22.0 Å². The van der Waals surface area contributed by atoms with Crippen LogP contribution in [-0.4, -0.2) is 37.5 Å². The van der Waals surface area contributed by atoms with Crippen molar-refractivity contribution in [3.63, 3.8) is 0 Å². The van der Waals surface area contributed by atoms with E-state index >= 15 is 0 Å². The molecule has 0 spiro atoms. The van der Waals surface area contributed by atoms with Crippen LogP contribution in [0.25, 0.3) is 0 Å². The highest BCUT2D eigenvalue weighted by Gasteiger charge is 2.15. The summed E-state index contributed by atoms with van der Waals surface area (Å²) in [6, 6.07) is 5.00. The molecule has 0 saturated heterocycles. The summed E-state index contributed by atoms with van der Waals surface area (Å²) in [6.07, 6.45) is 5.77. The van der Waals surface area contributed by atoms with Crippen molar-refractivity contribution in [1.29, 1.82) is 0 Å². The third kappa shape index (κ3) is 4.06. The van der Waals surface area contributed by atoms with Crippen LogP contribution in [0, 0.1) is 0 Å². The number of aliphatic hydroxyl groups excluding tert-OH is 1. The molecule has 0 radical (unpaired) electrons. The van der Waals surface area contributed by atoms with Crippen LogP contribution >= 0.6 is 15.9 Å². The summed E-state index contributed by atoms with van der Waals surface area (Å²) < 4.78 is 7.63. The minimum Gasteiger partial charge on any atom is -0.387 e. The fourth-order valence-electron chi connectivity index (χ4n) is 2.05. The molecule has 0 fully saturated rings. The fourth-order valence-corrected chi connectivity index (χ4v) is 2.38. The number of carbonyl (C=O) groups is 1. The molecule has 3 rings (SSSR count). The number of carbonyl (C=O) groups excluding carboxylic acids is 1. The van der Waals surface area contributed by atoms with E-state index in [1.807, 2.05) is 0 Å². The lowest BCUT2D eigenvalue weighted by molar-refractivity contribution is 0.0907. The maximum atomic E-state index is 12.1. The first kappa shape index (κ1) is 16.3. The number of hydrogen-bond acceptors (Lipinski definition) is 6. The lowest BCUT2D eigenvalue weighted by atomic mass is 10.1. The van der Waals surface area contributed by atoms with Gasteiger partial charge >= 0.3 is 0 Å². The van der Waals surface area contributed by atoms with Gasteiger partial charge in [-0.1, -0.05) is 11.2 Å². The monoisotopic (exact) mass is 391 g/mol. The zero-order valence-corrected chi connectivity index (χ0v) is 14.0. The highest BCUT2D eigenvalue weighted by atomic mass is 79.9. The van der Waals surface area contributed by atoms with Crippen LogP contribution in [0.2, 0.25) is 0 Å². The van der Waals surface area contributed by atoms with E-state index in [1.54, 1.807) is 47.7 Å². The number of nitrogens with zero attached hydrogens (tertiary/aromatic N) is 4. The molecule has 1 amide bonds. The van der Waals surface area contributed by atoms with Gasteiger partial charge < -0.3 is 14.9 Å². The van der Waals surface area contributed by atoms with Crippen LogP contribution in [0.4, 0.5) is 0 Å². The molecule has 0 saturated carbocycles. The molecule has 2 N–H and O–H groups in total. The summed E-state index contributed by atoms with van der Waals surface area (Å²) in [4.78, 5) is 16.0. The number of nitrogens with one attached hydrogen (secondary N) is 1. The van der Waals surface area contributed by atoms with Gasteiger partial charge in [0.2, 0.25) is 0 Å². The third-order valence-electron chi connectivity index (χ3n) is 3.24. The van der Waals surface area contributed by atoms with E-state index in [-0.39, 0.29) is 12.2 Å². The topological polar surface area (TPSA) is 106 Å². The summed E-state index contributed by atoms with van der Waals surface area (Å²) >= 11 is 3.31. The van der Waals surface area contributed by atoms with Gasteiger partial charge in [-0.2, -0.15) is 5.10 Å². The zero-order chi connectivity index (χ0) is 16.9. The lowest BCUT2D eigenvalue weighted by Gasteiger charge is -2.10. The Morgan fingerprint density at radius 1 is 1.46 bits per heavy atom. The van der Waals surface area contributed by atoms with Crippen molar-refractivity contribution in [2.75, 3.05) is 6.54 Å². The second-order valence-electron chi connectivity index (χ2n) is 5.05. The van der Waals surface area contributed by atoms with Crippen molar-refractivity contribution in [1.82, 2.24) is 25.2 Å². The first-order valence-electron chi connectivity index (χ1n) is 7.11. The van der Waals surface area contributed by atoms with E-state index in [1.165, 1.54) is 0 Å². The number of amides is 1. The van der Waals surface area contributed by atoms with Crippen LogP contribution < -0.4 is 5.32 Å². The predicted octanol–water partition coefficient (Wildman–Crippen LogP) is 1.54. The van der Waals surface area contributed by atoms with Gasteiger partial charge in [0.25, 0.3) is 5.91 Å². The molecule has 0 aliphatic heterocycles. The minimum atomic E-state index is -0.838. The Balaban J connectivity index is 1.56. The average Bonchev–Trinajstić information content (AvgIpc) is 3.22. The van der Waals surface area contributed by atoms with Crippen LogP contribution in [0.5, 0.6) is 0 Å². The van der Waals surface area contributed by atoms with E-state index in [9.17, 15) is 9.90 Å². The predicted molar refractivity (Wildman–Crippen MR) is 87.1 cm³/mol. The summed E-state index contributed by atoms with van der Waals surface area (Å²) in [5.41, 5.74) is 0.775. The molecular weight excluding hydrogens is 378 g/mol. The van der Waals surface area contributed by atoms with Crippen LogP contribution in [-0.2, 0) is 6.54 Å². The van der Waals surface area contributed by atoms with E-state index < -0.39 is 12.0 Å². The van der Waals surface area contributed by atoms with Gasteiger partial charge in [-0.25, -0.2) is 0 Å². The summed E-state index contributed by atoms with van der Waals surface area (Å²) in [5.74, 6) is 0.0816. The summed E-state index contributed by atoms with van der Waals surface area (Å²) in [7, 11) is 0. The first-order valence-corrected chi connectivity index (χ1v) is 7.91. The molecule has 0 bridgehead atoms. The number of rotatable bonds is 6. The number of halogens is 1. The van der Waals surface area contributed by atoms with E-state index in [2.05, 4.69) is 36.5 Å². The standard InChI is InChI=1S/C15H14BrN5O3/c16-11-6-19-21(8-11)9-12-4-13(20-24-12)15(23)18-7-14(22)10-2-1-3-17-5-10/h1-6,8,14,22H,7,9H2,(H,18,23). The van der Waals surface area contributed by atoms with Crippen LogP contribution in [0.15, 0.2) is 52.0 Å². The largest absolute Gasteiger partial charge is 0.387 e. The van der Waals surface area contributed by atoms with E-state index in [0.29, 0.717) is 17.9 Å². The minimum absolute atomic E-state index is 0.0544. The normalized spacial score (nSPS) is 12.1. The van der Waals surface area contributed by atoms with Crippen molar-refractivity contribution < 1.29 is 14.4 Å². The Bertz CT molecular complexity index is 817. The first-order chi connectivity index (χ1) is 11.6. The highest BCUT2D eigenvalue weighted by Crippen LogP contribution is 2.11. The fraction of sp³-hybridized carbons (Fsp3) is 0.200. The van der Waals surface area contributed by atoms with Crippen LogP contribution in [0.1, 0.15) is 27.9 Å². The number of pyridine rings is 1. The van der Waals surface area contributed by atoms with Crippen molar-refractivity contribution in [3.05, 3.63) is 64.5 Å².